The topological polar surface area (TPSA) is 47.7 Å². The maximum atomic E-state index is 5.81. The molecule has 4 nitrogen and oxygen atoms in total. The van der Waals surface area contributed by atoms with Gasteiger partial charge in [0.25, 0.3) is 0 Å². The molecule has 1 aliphatic heterocycles. The Morgan fingerprint density at radius 2 is 2.00 bits per heavy atom. The van der Waals surface area contributed by atoms with Crippen LogP contribution in [0.5, 0.6) is 0 Å². The van der Waals surface area contributed by atoms with E-state index in [2.05, 4.69) is 11.8 Å². The molecule has 2 rings (SSSR count). The summed E-state index contributed by atoms with van der Waals surface area (Å²) in [7, 11) is 1.72. The van der Waals surface area contributed by atoms with Crippen molar-refractivity contribution in [3.05, 3.63) is 0 Å². The minimum Gasteiger partial charge on any atom is -0.382 e. The van der Waals surface area contributed by atoms with Crippen molar-refractivity contribution < 1.29 is 9.47 Å². The minimum atomic E-state index is 0.610. The molecule has 0 spiro atoms. The summed E-state index contributed by atoms with van der Waals surface area (Å²) < 4.78 is 10.8. The monoisotopic (exact) mass is 270 g/mol. The van der Waals surface area contributed by atoms with Crippen LogP contribution < -0.4 is 5.73 Å². The van der Waals surface area contributed by atoms with Crippen molar-refractivity contribution in [1.29, 1.82) is 0 Å². The lowest BCUT2D eigenvalue weighted by Crippen LogP contribution is -2.39. The Bertz CT molecular complexity index is 261. The van der Waals surface area contributed by atoms with Crippen LogP contribution in [-0.2, 0) is 9.47 Å². The largest absolute Gasteiger partial charge is 0.382 e. The van der Waals surface area contributed by atoms with E-state index in [9.17, 15) is 0 Å². The number of hydrogen-bond donors (Lipinski definition) is 1. The van der Waals surface area contributed by atoms with Gasteiger partial charge in [-0.25, -0.2) is 0 Å². The number of likely N-dealkylation sites (tertiary alicyclic amines) is 1. The molecule has 2 aliphatic rings. The molecule has 0 aromatic heterocycles. The minimum absolute atomic E-state index is 0.610. The molecule has 1 heterocycles. The van der Waals surface area contributed by atoms with Gasteiger partial charge in [0.05, 0.1) is 19.9 Å². The Morgan fingerprint density at radius 3 is 2.74 bits per heavy atom. The molecular weight excluding hydrogens is 240 g/mol. The fraction of sp³-hybridized carbons (Fsp3) is 1.00. The molecule has 0 aromatic rings. The van der Waals surface area contributed by atoms with E-state index in [1.807, 2.05) is 0 Å². The van der Waals surface area contributed by atoms with Gasteiger partial charge in [-0.15, -0.1) is 0 Å². The SMILES string of the molecule is COCCOCN1C(C)C(CCN)C2CCCCC21. The Balaban J connectivity index is 1.92. The van der Waals surface area contributed by atoms with E-state index in [-0.39, 0.29) is 0 Å². The van der Waals surface area contributed by atoms with E-state index < -0.39 is 0 Å². The van der Waals surface area contributed by atoms with Gasteiger partial charge >= 0.3 is 0 Å². The molecule has 2 fully saturated rings. The van der Waals surface area contributed by atoms with Crippen LogP contribution in [-0.4, -0.2) is 50.6 Å². The standard InChI is InChI=1S/C15H30N2O2/c1-12-13(7-8-16)14-5-3-4-6-15(14)17(12)11-19-10-9-18-2/h12-15H,3-11,16H2,1-2H3. The van der Waals surface area contributed by atoms with E-state index >= 15 is 0 Å². The Kier molecular flexibility index (Phi) is 6.07. The second-order valence-electron chi connectivity index (χ2n) is 6.04. The molecule has 0 radical (unpaired) electrons. The molecule has 112 valence electrons. The summed E-state index contributed by atoms with van der Waals surface area (Å²) in [5.74, 6) is 1.61. The van der Waals surface area contributed by atoms with E-state index in [1.54, 1.807) is 7.11 Å². The van der Waals surface area contributed by atoms with Crippen LogP contribution in [0.15, 0.2) is 0 Å². The summed E-state index contributed by atoms with van der Waals surface area (Å²) in [6.07, 6.45) is 6.65. The zero-order valence-corrected chi connectivity index (χ0v) is 12.5. The second-order valence-corrected chi connectivity index (χ2v) is 6.04. The number of ether oxygens (including phenoxy) is 2. The Hall–Kier alpha value is -0.160. The van der Waals surface area contributed by atoms with Crippen molar-refractivity contribution in [2.45, 2.75) is 51.1 Å². The van der Waals surface area contributed by atoms with E-state index in [4.69, 9.17) is 15.2 Å². The van der Waals surface area contributed by atoms with Crippen LogP contribution in [0.3, 0.4) is 0 Å². The molecule has 4 heteroatoms. The van der Waals surface area contributed by atoms with Gasteiger partial charge in [-0.3, -0.25) is 4.90 Å². The number of nitrogens with two attached hydrogens (primary N) is 1. The van der Waals surface area contributed by atoms with Crippen LogP contribution in [0, 0.1) is 11.8 Å². The molecular formula is C15H30N2O2. The quantitative estimate of drug-likeness (QED) is 0.717. The van der Waals surface area contributed by atoms with Gasteiger partial charge in [-0.1, -0.05) is 12.8 Å². The molecule has 1 saturated carbocycles. The van der Waals surface area contributed by atoms with E-state index in [0.29, 0.717) is 19.3 Å². The lowest BCUT2D eigenvalue weighted by molar-refractivity contribution is -0.0235. The smallest absolute Gasteiger partial charge is 0.0996 e. The van der Waals surface area contributed by atoms with Crippen molar-refractivity contribution in [2.75, 3.05) is 33.6 Å². The zero-order chi connectivity index (χ0) is 13.7. The summed E-state index contributed by atoms with van der Waals surface area (Å²) in [6.45, 7) is 5.31. The summed E-state index contributed by atoms with van der Waals surface area (Å²) in [5, 5.41) is 0. The van der Waals surface area contributed by atoms with Crippen LogP contribution in [0.2, 0.25) is 0 Å². The predicted molar refractivity (Wildman–Crippen MR) is 76.9 cm³/mol. The number of nitrogens with zero attached hydrogens (tertiary/aromatic N) is 1. The van der Waals surface area contributed by atoms with Crippen LogP contribution in [0.1, 0.15) is 39.0 Å². The van der Waals surface area contributed by atoms with Gasteiger partial charge in [0.15, 0.2) is 0 Å². The average molecular weight is 270 g/mol. The average Bonchev–Trinajstić information content (AvgIpc) is 2.69. The Labute approximate surface area is 117 Å². The lowest BCUT2D eigenvalue weighted by Gasteiger charge is -2.32. The molecule has 4 unspecified atom stereocenters. The van der Waals surface area contributed by atoms with Crippen molar-refractivity contribution >= 4 is 0 Å². The van der Waals surface area contributed by atoms with Gasteiger partial charge in [-0.05, 0) is 44.6 Å². The molecule has 2 N–H and O–H groups in total. The highest BCUT2D eigenvalue weighted by molar-refractivity contribution is 4.98. The number of methoxy groups -OCH3 is 1. The first-order chi connectivity index (χ1) is 9.29. The number of fused-ring (bicyclic) bond motifs is 1. The molecule has 0 aromatic carbocycles. The van der Waals surface area contributed by atoms with Crippen molar-refractivity contribution in [1.82, 2.24) is 4.90 Å². The van der Waals surface area contributed by atoms with Crippen molar-refractivity contribution in [2.24, 2.45) is 17.6 Å². The maximum Gasteiger partial charge on any atom is 0.0996 e. The van der Waals surface area contributed by atoms with Gasteiger partial charge < -0.3 is 15.2 Å². The third-order valence-electron chi connectivity index (χ3n) is 5.07. The van der Waals surface area contributed by atoms with Crippen LogP contribution in [0.25, 0.3) is 0 Å². The maximum absolute atomic E-state index is 5.81. The van der Waals surface area contributed by atoms with Gasteiger partial charge in [-0.2, -0.15) is 0 Å². The molecule has 0 bridgehead atoms. The molecule has 4 atom stereocenters. The Morgan fingerprint density at radius 1 is 1.21 bits per heavy atom. The lowest BCUT2D eigenvalue weighted by atomic mass is 9.77. The molecule has 1 saturated heterocycles. The van der Waals surface area contributed by atoms with Gasteiger partial charge in [0.2, 0.25) is 0 Å². The van der Waals surface area contributed by atoms with Gasteiger partial charge in [0.1, 0.15) is 0 Å². The number of hydrogen-bond acceptors (Lipinski definition) is 4. The summed E-state index contributed by atoms with van der Waals surface area (Å²) >= 11 is 0. The first-order valence-corrected chi connectivity index (χ1v) is 7.82. The van der Waals surface area contributed by atoms with Crippen LogP contribution >= 0.6 is 0 Å². The predicted octanol–water partition coefficient (Wildman–Crippen LogP) is 1.83. The fourth-order valence-electron chi connectivity index (χ4n) is 4.13. The first-order valence-electron chi connectivity index (χ1n) is 7.82. The summed E-state index contributed by atoms with van der Waals surface area (Å²) in [4.78, 5) is 2.58. The highest BCUT2D eigenvalue weighted by atomic mass is 16.5. The van der Waals surface area contributed by atoms with Crippen molar-refractivity contribution in [3.63, 3.8) is 0 Å². The normalized spacial score (nSPS) is 35.5. The van der Waals surface area contributed by atoms with E-state index in [1.165, 1.54) is 25.7 Å². The molecule has 1 aliphatic carbocycles. The number of rotatable bonds is 7. The highest BCUT2D eigenvalue weighted by Gasteiger charge is 2.46. The third-order valence-corrected chi connectivity index (χ3v) is 5.07. The summed E-state index contributed by atoms with van der Waals surface area (Å²) in [5.41, 5.74) is 5.81. The highest BCUT2D eigenvalue weighted by Crippen LogP contribution is 2.44. The third kappa shape index (κ3) is 3.48. The second kappa shape index (κ2) is 7.58. The molecule has 0 amide bonds. The van der Waals surface area contributed by atoms with E-state index in [0.717, 1.165) is 37.6 Å². The molecule has 19 heavy (non-hydrogen) atoms. The van der Waals surface area contributed by atoms with Crippen molar-refractivity contribution in [3.8, 4) is 0 Å². The first kappa shape index (κ1) is 15.2. The zero-order valence-electron chi connectivity index (χ0n) is 12.5. The van der Waals surface area contributed by atoms with Gasteiger partial charge in [0, 0.05) is 19.2 Å². The van der Waals surface area contributed by atoms with Crippen LogP contribution in [0.4, 0.5) is 0 Å². The summed E-state index contributed by atoms with van der Waals surface area (Å²) in [6, 6.07) is 1.34. The fourth-order valence-corrected chi connectivity index (χ4v) is 4.13.